The lowest BCUT2D eigenvalue weighted by molar-refractivity contribution is 0.135. The van der Waals surface area contributed by atoms with Gasteiger partial charge in [0.05, 0.1) is 0 Å². The van der Waals surface area contributed by atoms with Gasteiger partial charge < -0.3 is 10.6 Å². The Morgan fingerprint density at radius 1 is 1.43 bits per heavy atom. The number of nitrogens with two attached hydrogens (primary N) is 1. The molecular formula is C12H26N2. The van der Waals surface area contributed by atoms with Crippen LogP contribution < -0.4 is 5.73 Å². The largest absolute Gasteiger partial charge is 0.330 e. The van der Waals surface area contributed by atoms with E-state index in [1.54, 1.807) is 0 Å². The van der Waals surface area contributed by atoms with Crippen LogP contribution in [-0.4, -0.2) is 30.6 Å². The van der Waals surface area contributed by atoms with Crippen LogP contribution in [-0.2, 0) is 0 Å². The summed E-state index contributed by atoms with van der Waals surface area (Å²) in [6, 6.07) is 0.755. The summed E-state index contributed by atoms with van der Waals surface area (Å²) < 4.78 is 0. The average Bonchev–Trinajstić information content (AvgIpc) is 2.96. The second kappa shape index (κ2) is 4.63. The third kappa shape index (κ3) is 3.25. The molecule has 1 unspecified atom stereocenters. The maximum Gasteiger partial charge on any atom is 0.00953 e. The van der Waals surface area contributed by atoms with Crippen molar-refractivity contribution in [3.63, 3.8) is 0 Å². The molecule has 0 heterocycles. The highest BCUT2D eigenvalue weighted by Crippen LogP contribution is 2.35. The van der Waals surface area contributed by atoms with E-state index in [2.05, 4.69) is 32.6 Å². The summed E-state index contributed by atoms with van der Waals surface area (Å²) in [6.07, 6.45) is 2.86. The zero-order valence-electron chi connectivity index (χ0n) is 10.2. The van der Waals surface area contributed by atoms with E-state index in [1.807, 2.05) is 0 Å². The second-order valence-corrected chi connectivity index (χ2v) is 5.51. The molecule has 1 aliphatic carbocycles. The normalized spacial score (nSPS) is 20.1. The van der Waals surface area contributed by atoms with Gasteiger partial charge in [-0.2, -0.15) is 0 Å². The molecule has 0 aromatic rings. The minimum Gasteiger partial charge on any atom is -0.330 e. The fourth-order valence-electron chi connectivity index (χ4n) is 2.03. The molecule has 84 valence electrons. The molecule has 1 saturated carbocycles. The van der Waals surface area contributed by atoms with Crippen LogP contribution in [0.2, 0.25) is 0 Å². The van der Waals surface area contributed by atoms with Gasteiger partial charge in [-0.25, -0.2) is 0 Å². The van der Waals surface area contributed by atoms with Crippen LogP contribution in [0.1, 0.15) is 40.5 Å². The van der Waals surface area contributed by atoms with Crippen molar-refractivity contribution >= 4 is 0 Å². The molecule has 0 bridgehead atoms. The lowest BCUT2D eigenvalue weighted by atomic mass is 9.92. The first kappa shape index (κ1) is 12.0. The molecule has 0 spiro atoms. The van der Waals surface area contributed by atoms with Crippen LogP contribution in [0.15, 0.2) is 0 Å². The van der Waals surface area contributed by atoms with E-state index < -0.39 is 0 Å². The summed E-state index contributed by atoms with van der Waals surface area (Å²) in [4.78, 5) is 2.59. The van der Waals surface area contributed by atoms with Crippen LogP contribution in [0.5, 0.6) is 0 Å². The Hall–Kier alpha value is -0.0800. The Morgan fingerprint density at radius 2 is 2.00 bits per heavy atom. The van der Waals surface area contributed by atoms with Crippen molar-refractivity contribution in [1.82, 2.24) is 4.90 Å². The Morgan fingerprint density at radius 3 is 2.36 bits per heavy atom. The van der Waals surface area contributed by atoms with Gasteiger partial charge in [-0.15, -0.1) is 0 Å². The Labute approximate surface area is 88.8 Å². The molecule has 0 amide bonds. The first-order chi connectivity index (χ1) is 6.50. The molecule has 0 aromatic heterocycles. The molecular weight excluding hydrogens is 172 g/mol. The average molecular weight is 198 g/mol. The molecule has 1 atom stereocenters. The second-order valence-electron chi connectivity index (χ2n) is 5.51. The summed E-state index contributed by atoms with van der Waals surface area (Å²) in [5.74, 6) is 0.962. The monoisotopic (exact) mass is 198 g/mol. The van der Waals surface area contributed by atoms with Crippen molar-refractivity contribution in [3.05, 3.63) is 0 Å². The molecule has 0 saturated heterocycles. The van der Waals surface area contributed by atoms with Gasteiger partial charge in [-0.1, -0.05) is 20.8 Å². The first-order valence-electron chi connectivity index (χ1n) is 5.94. The quantitative estimate of drug-likeness (QED) is 0.708. The number of nitrogens with zero attached hydrogens (tertiary/aromatic N) is 1. The van der Waals surface area contributed by atoms with E-state index in [0.717, 1.165) is 31.6 Å². The smallest absolute Gasteiger partial charge is 0.00953 e. The highest BCUT2D eigenvalue weighted by Gasteiger charge is 2.33. The van der Waals surface area contributed by atoms with Crippen molar-refractivity contribution in [1.29, 1.82) is 0 Å². The number of rotatable bonds is 6. The molecule has 2 heteroatoms. The van der Waals surface area contributed by atoms with Crippen LogP contribution >= 0.6 is 0 Å². The maximum absolute atomic E-state index is 5.77. The molecule has 1 aliphatic rings. The van der Waals surface area contributed by atoms with Crippen LogP contribution in [0, 0.1) is 11.3 Å². The van der Waals surface area contributed by atoms with Crippen LogP contribution in [0.25, 0.3) is 0 Å². The topological polar surface area (TPSA) is 29.3 Å². The molecule has 2 nitrogen and oxygen atoms in total. The van der Waals surface area contributed by atoms with Crippen LogP contribution in [0.4, 0.5) is 0 Å². The van der Waals surface area contributed by atoms with Gasteiger partial charge in [-0.3, -0.25) is 0 Å². The number of hydrogen-bond donors (Lipinski definition) is 1. The van der Waals surface area contributed by atoms with Crippen molar-refractivity contribution in [2.75, 3.05) is 19.6 Å². The third-order valence-corrected chi connectivity index (χ3v) is 3.47. The van der Waals surface area contributed by atoms with Gasteiger partial charge in [0.25, 0.3) is 0 Å². The number of hydrogen-bond acceptors (Lipinski definition) is 2. The fourth-order valence-corrected chi connectivity index (χ4v) is 2.03. The van der Waals surface area contributed by atoms with Crippen molar-refractivity contribution in [2.45, 2.75) is 46.6 Å². The standard InChI is InChI=1S/C12H26N2/c1-5-14(9-12(3,4)8-13)10(2)11-6-7-11/h10-11H,5-9,13H2,1-4H3. The van der Waals surface area contributed by atoms with E-state index in [9.17, 15) is 0 Å². The summed E-state index contributed by atoms with van der Waals surface area (Å²) in [6.45, 7) is 12.2. The Kier molecular flexibility index (Phi) is 3.96. The zero-order chi connectivity index (χ0) is 10.8. The van der Waals surface area contributed by atoms with Crippen LogP contribution in [0.3, 0.4) is 0 Å². The van der Waals surface area contributed by atoms with E-state index in [0.29, 0.717) is 0 Å². The van der Waals surface area contributed by atoms with Gasteiger partial charge >= 0.3 is 0 Å². The zero-order valence-corrected chi connectivity index (χ0v) is 10.2. The molecule has 1 fully saturated rings. The van der Waals surface area contributed by atoms with E-state index in [-0.39, 0.29) is 5.41 Å². The first-order valence-corrected chi connectivity index (χ1v) is 5.94. The predicted molar refractivity (Wildman–Crippen MR) is 62.3 cm³/mol. The molecule has 0 aliphatic heterocycles. The summed E-state index contributed by atoms with van der Waals surface area (Å²) in [5, 5.41) is 0. The predicted octanol–water partition coefficient (Wildman–Crippen LogP) is 2.09. The van der Waals surface area contributed by atoms with Gasteiger partial charge in [0, 0.05) is 12.6 Å². The Bertz CT molecular complexity index is 173. The van der Waals surface area contributed by atoms with Gasteiger partial charge in [0.1, 0.15) is 0 Å². The highest BCUT2D eigenvalue weighted by molar-refractivity contribution is 4.87. The van der Waals surface area contributed by atoms with Crippen molar-refractivity contribution in [2.24, 2.45) is 17.1 Å². The summed E-state index contributed by atoms with van der Waals surface area (Å²) in [5.41, 5.74) is 6.04. The van der Waals surface area contributed by atoms with Gasteiger partial charge in [0.2, 0.25) is 0 Å². The highest BCUT2D eigenvalue weighted by atomic mass is 15.2. The molecule has 0 aromatic carbocycles. The molecule has 14 heavy (non-hydrogen) atoms. The molecule has 2 N–H and O–H groups in total. The van der Waals surface area contributed by atoms with Gasteiger partial charge in [0.15, 0.2) is 0 Å². The van der Waals surface area contributed by atoms with E-state index >= 15 is 0 Å². The Balaban J connectivity index is 2.44. The summed E-state index contributed by atoms with van der Waals surface area (Å²) >= 11 is 0. The van der Waals surface area contributed by atoms with Crippen molar-refractivity contribution in [3.8, 4) is 0 Å². The van der Waals surface area contributed by atoms with Crippen molar-refractivity contribution < 1.29 is 0 Å². The molecule has 1 rings (SSSR count). The van der Waals surface area contributed by atoms with E-state index in [1.165, 1.54) is 12.8 Å². The van der Waals surface area contributed by atoms with E-state index in [4.69, 9.17) is 5.73 Å². The lowest BCUT2D eigenvalue weighted by Crippen LogP contribution is -2.43. The fraction of sp³-hybridized carbons (Fsp3) is 1.00. The lowest BCUT2D eigenvalue weighted by Gasteiger charge is -2.35. The SMILES string of the molecule is CCN(CC(C)(C)CN)C(C)C1CC1. The maximum atomic E-state index is 5.77. The minimum atomic E-state index is 0.263. The van der Waals surface area contributed by atoms with Gasteiger partial charge in [-0.05, 0) is 44.2 Å². The molecule has 0 radical (unpaired) electrons. The third-order valence-electron chi connectivity index (χ3n) is 3.47. The minimum absolute atomic E-state index is 0.263. The summed E-state index contributed by atoms with van der Waals surface area (Å²) in [7, 11) is 0.